The number of carbonyl (C=O) groups is 2. The van der Waals surface area contributed by atoms with Crippen molar-refractivity contribution < 1.29 is 22.8 Å². The Hall–Kier alpha value is -3.90. The van der Waals surface area contributed by atoms with Crippen molar-refractivity contribution in [1.29, 1.82) is 0 Å². The molecular weight excluding hydrogens is 511 g/mol. The van der Waals surface area contributed by atoms with Gasteiger partial charge in [0.1, 0.15) is 0 Å². The second-order valence-electron chi connectivity index (χ2n) is 8.23. The van der Waals surface area contributed by atoms with Crippen molar-refractivity contribution in [1.82, 2.24) is 25.5 Å². The fraction of sp³-hybridized carbons (Fsp3) is 0.250. The molecule has 1 saturated heterocycles. The van der Waals surface area contributed by atoms with Crippen LogP contribution in [-0.2, 0) is 12.7 Å². The van der Waals surface area contributed by atoms with Gasteiger partial charge in [-0.1, -0.05) is 35.9 Å². The smallest absolute Gasteiger partial charge is 0.382 e. The number of nitrogens with two attached hydrogens (primary N) is 1. The van der Waals surface area contributed by atoms with E-state index in [4.69, 9.17) is 17.3 Å². The van der Waals surface area contributed by atoms with Crippen molar-refractivity contribution in [3.05, 3.63) is 70.5 Å². The maximum atomic E-state index is 13.0. The molecule has 4 rings (SSSR count). The van der Waals surface area contributed by atoms with Crippen LogP contribution in [0.2, 0.25) is 5.02 Å². The standard InChI is InChI=1S/C24H23ClF3N7O2/c25-18-6-5-16(11-17(18)24(26,27)28)33-23(37)32-12-14-1-3-15(4-2-14)19-13-31-21(29)20(34-19)22(36)35-9-7-30-8-10-35/h1-6,11,13,30H,7-10,12H2,(H2,29,31)(H2,32,33,37). The number of aromatic nitrogens is 2. The summed E-state index contributed by atoms with van der Waals surface area (Å²) in [5.41, 5.74) is 6.81. The number of benzene rings is 2. The number of nitrogen functional groups attached to an aromatic ring is 1. The lowest BCUT2D eigenvalue weighted by molar-refractivity contribution is -0.137. The number of nitrogens with zero attached hydrogens (tertiary/aromatic N) is 3. The Morgan fingerprint density at radius 3 is 2.49 bits per heavy atom. The van der Waals surface area contributed by atoms with Gasteiger partial charge in [-0.25, -0.2) is 14.8 Å². The van der Waals surface area contributed by atoms with E-state index in [-0.39, 0.29) is 29.7 Å². The van der Waals surface area contributed by atoms with Gasteiger partial charge < -0.3 is 26.6 Å². The number of rotatable bonds is 5. The summed E-state index contributed by atoms with van der Waals surface area (Å²) in [6, 6.07) is 9.44. The van der Waals surface area contributed by atoms with E-state index in [0.29, 0.717) is 37.4 Å². The molecule has 3 aromatic rings. The lowest BCUT2D eigenvalue weighted by atomic mass is 10.1. The van der Waals surface area contributed by atoms with E-state index in [1.807, 2.05) is 0 Å². The van der Waals surface area contributed by atoms with Crippen molar-refractivity contribution in [3.8, 4) is 11.3 Å². The molecule has 3 amide bonds. The van der Waals surface area contributed by atoms with Crippen molar-refractivity contribution in [2.75, 3.05) is 37.2 Å². The molecule has 194 valence electrons. The van der Waals surface area contributed by atoms with Crippen LogP contribution in [0.5, 0.6) is 0 Å². The quantitative estimate of drug-likeness (QED) is 0.396. The molecule has 0 unspecified atom stereocenters. The Morgan fingerprint density at radius 1 is 1.11 bits per heavy atom. The zero-order chi connectivity index (χ0) is 26.6. The normalized spacial score (nSPS) is 13.8. The number of hydrogen-bond acceptors (Lipinski definition) is 6. The van der Waals surface area contributed by atoms with E-state index in [0.717, 1.165) is 17.7 Å². The molecule has 37 heavy (non-hydrogen) atoms. The van der Waals surface area contributed by atoms with E-state index >= 15 is 0 Å². The van der Waals surface area contributed by atoms with E-state index in [1.165, 1.54) is 12.3 Å². The number of halogens is 4. The van der Waals surface area contributed by atoms with Gasteiger partial charge in [0.05, 0.1) is 22.5 Å². The van der Waals surface area contributed by atoms with Crippen LogP contribution in [-0.4, -0.2) is 53.0 Å². The fourth-order valence-corrected chi connectivity index (χ4v) is 3.91. The van der Waals surface area contributed by atoms with Gasteiger partial charge in [-0.2, -0.15) is 13.2 Å². The number of hydrogen-bond donors (Lipinski definition) is 4. The van der Waals surface area contributed by atoms with Crippen LogP contribution in [0.3, 0.4) is 0 Å². The zero-order valence-corrected chi connectivity index (χ0v) is 20.2. The third kappa shape index (κ3) is 6.46. The van der Waals surface area contributed by atoms with E-state index < -0.39 is 22.8 Å². The van der Waals surface area contributed by atoms with E-state index in [2.05, 4.69) is 25.9 Å². The van der Waals surface area contributed by atoms with Gasteiger partial charge in [0.25, 0.3) is 5.91 Å². The first-order valence-electron chi connectivity index (χ1n) is 11.3. The van der Waals surface area contributed by atoms with Crippen LogP contribution >= 0.6 is 11.6 Å². The third-order valence-electron chi connectivity index (χ3n) is 5.64. The van der Waals surface area contributed by atoms with E-state index in [1.54, 1.807) is 29.2 Å². The summed E-state index contributed by atoms with van der Waals surface area (Å²) in [5.74, 6) is -0.217. The molecule has 0 atom stereocenters. The van der Waals surface area contributed by atoms with Gasteiger partial charge in [-0.3, -0.25) is 4.79 Å². The minimum Gasteiger partial charge on any atom is -0.382 e. The molecule has 0 spiro atoms. The number of nitrogens with one attached hydrogen (secondary N) is 3. The second kappa shape index (κ2) is 11.0. The number of carbonyl (C=O) groups excluding carboxylic acids is 2. The predicted molar refractivity (Wildman–Crippen MR) is 133 cm³/mol. The molecule has 0 bridgehead atoms. The van der Waals surface area contributed by atoms with Crippen molar-refractivity contribution in [2.45, 2.75) is 12.7 Å². The van der Waals surface area contributed by atoms with Gasteiger partial charge in [0.2, 0.25) is 0 Å². The lowest BCUT2D eigenvalue weighted by Crippen LogP contribution is -2.46. The molecule has 0 aliphatic carbocycles. The molecule has 0 radical (unpaired) electrons. The molecule has 5 N–H and O–H groups in total. The largest absolute Gasteiger partial charge is 0.417 e. The molecule has 9 nitrogen and oxygen atoms in total. The van der Waals surface area contributed by atoms with Crippen LogP contribution in [0.25, 0.3) is 11.3 Å². The van der Waals surface area contributed by atoms with Gasteiger partial charge in [0, 0.05) is 44.0 Å². The number of amides is 3. The predicted octanol–water partition coefficient (Wildman–Crippen LogP) is 3.77. The first-order chi connectivity index (χ1) is 17.6. The second-order valence-corrected chi connectivity index (χ2v) is 8.64. The Bertz CT molecular complexity index is 1300. The Kier molecular flexibility index (Phi) is 7.79. The molecule has 1 aliphatic heterocycles. The number of urea groups is 1. The number of anilines is 2. The molecular formula is C24H23ClF3N7O2. The molecule has 1 aliphatic rings. The van der Waals surface area contributed by atoms with Crippen molar-refractivity contribution in [2.24, 2.45) is 0 Å². The minimum absolute atomic E-state index is 0.0438. The highest BCUT2D eigenvalue weighted by molar-refractivity contribution is 6.31. The monoisotopic (exact) mass is 533 g/mol. The maximum Gasteiger partial charge on any atom is 0.417 e. The van der Waals surface area contributed by atoms with Crippen molar-refractivity contribution in [3.63, 3.8) is 0 Å². The first-order valence-corrected chi connectivity index (χ1v) is 11.6. The number of piperazine rings is 1. The third-order valence-corrected chi connectivity index (χ3v) is 5.97. The minimum atomic E-state index is -4.64. The SMILES string of the molecule is Nc1ncc(-c2ccc(CNC(=O)Nc3ccc(Cl)c(C(F)(F)F)c3)cc2)nc1C(=O)N1CCNCC1. The first kappa shape index (κ1) is 26.2. The maximum absolute atomic E-state index is 13.0. The number of alkyl halides is 3. The topological polar surface area (TPSA) is 125 Å². The van der Waals surface area contributed by atoms with Crippen molar-refractivity contribution >= 4 is 35.0 Å². The molecule has 1 fully saturated rings. The highest BCUT2D eigenvalue weighted by Gasteiger charge is 2.33. The van der Waals surface area contributed by atoms with Gasteiger partial charge >= 0.3 is 12.2 Å². The summed E-state index contributed by atoms with van der Waals surface area (Å²) in [6.45, 7) is 2.62. The summed E-state index contributed by atoms with van der Waals surface area (Å²) >= 11 is 5.60. The summed E-state index contributed by atoms with van der Waals surface area (Å²) in [7, 11) is 0. The summed E-state index contributed by atoms with van der Waals surface area (Å²) in [6.07, 6.45) is -3.16. The van der Waals surface area contributed by atoms with Gasteiger partial charge in [-0.15, -0.1) is 0 Å². The summed E-state index contributed by atoms with van der Waals surface area (Å²) < 4.78 is 39.0. The van der Waals surface area contributed by atoms with Crippen LogP contribution in [0, 0.1) is 0 Å². The lowest BCUT2D eigenvalue weighted by Gasteiger charge is -2.27. The van der Waals surface area contributed by atoms with E-state index in [9.17, 15) is 22.8 Å². The Morgan fingerprint density at radius 2 is 1.81 bits per heavy atom. The average molecular weight is 534 g/mol. The van der Waals surface area contributed by atoms with Gasteiger partial charge in [0.15, 0.2) is 11.5 Å². The average Bonchev–Trinajstić information content (AvgIpc) is 2.89. The zero-order valence-electron chi connectivity index (χ0n) is 19.4. The van der Waals surface area contributed by atoms with Crippen LogP contribution in [0.15, 0.2) is 48.7 Å². The fourth-order valence-electron chi connectivity index (χ4n) is 3.68. The summed E-state index contributed by atoms with van der Waals surface area (Å²) in [5, 5.41) is 7.67. The van der Waals surface area contributed by atoms with Gasteiger partial charge in [-0.05, 0) is 23.8 Å². The molecule has 2 heterocycles. The Balaban J connectivity index is 1.38. The van der Waals surface area contributed by atoms with Crippen LogP contribution in [0.4, 0.5) is 29.5 Å². The highest BCUT2D eigenvalue weighted by Crippen LogP contribution is 2.36. The highest BCUT2D eigenvalue weighted by atomic mass is 35.5. The summed E-state index contributed by atoms with van der Waals surface area (Å²) in [4.78, 5) is 35.2. The molecule has 13 heteroatoms. The Labute approximate surface area is 215 Å². The van der Waals surface area contributed by atoms with Crippen LogP contribution < -0.4 is 21.7 Å². The molecule has 1 aromatic heterocycles. The molecule has 2 aromatic carbocycles. The molecule has 0 saturated carbocycles. The van der Waals surface area contributed by atoms with Crippen LogP contribution in [0.1, 0.15) is 21.6 Å².